The molecule has 5 rings (SSSR count). The Kier molecular flexibility index (Phi) is 5.51. The number of hydrogen-bond acceptors (Lipinski definition) is 6. The zero-order chi connectivity index (χ0) is 22.1. The molecule has 1 aliphatic heterocycles. The van der Waals surface area contributed by atoms with Gasteiger partial charge in [0.05, 0.1) is 29.4 Å². The van der Waals surface area contributed by atoms with Crippen molar-refractivity contribution < 1.29 is 14.3 Å². The van der Waals surface area contributed by atoms with Crippen LogP contribution >= 0.6 is 11.6 Å². The summed E-state index contributed by atoms with van der Waals surface area (Å²) in [6.45, 7) is 4.79. The van der Waals surface area contributed by atoms with E-state index in [1.165, 1.54) is 6.92 Å². The van der Waals surface area contributed by atoms with Crippen LogP contribution in [0.4, 0.5) is 5.69 Å². The van der Waals surface area contributed by atoms with E-state index in [4.69, 9.17) is 21.1 Å². The number of nitrogens with one attached hydrogen (secondary N) is 1. The summed E-state index contributed by atoms with van der Waals surface area (Å²) in [5.41, 5.74) is 4.55. The molecular weight excluding hydrogens is 428 g/mol. The Morgan fingerprint density at radius 1 is 1.06 bits per heavy atom. The van der Waals surface area contributed by atoms with Gasteiger partial charge in [0, 0.05) is 29.9 Å². The lowest BCUT2D eigenvalue weighted by atomic mass is 10.1. The molecule has 0 saturated carbocycles. The Bertz CT molecular complexity index is 1260. The van der Waals surface area contributed by atoms with E-state index in [-0.39, 0.29) is 5.78 Å². The number of halogens is 1. The van der Waals surface area contributed by atoms with Crippen LogP contribution in [0.1, 0.15) is 17.3 Å². The van der Waals surface area contributed by atoms with E-state index in [9.17, 15) is 4.79 Å². The van der Waals surface area contributed by atoms with Crippen LogP contribution in [0.3, 0.4) is 0 Å². The van der Waals surface area contributed by atoms with Gasteiger partial charge in [-0.25, -0.2) is 4.98 Å². The largest absolute Gasteiger partial charge is 0.426 e. The fourth-order valence-corrected chi connectivity index (χ4v) is 3.93. The molecule has 1 saturated heterocycles. The van der Waals surface area contributed by atoms with Crippen molar-refractivity contribution in [1.82, 2.24) is 15.0 Å². The lowest BCUT2D eigenvalue weighted by Gasteiger charge is -2.28. The molecular formula is C24H21ClN4O3. The molecule has 2 aromatic carbocycles. The highest BCUT2D eigenvalue weighted by molar-refractivity contribution is 6.33. The SMILES string of the molecule is CC(=O)c1ccc(Oc2nc3nc(-c4ccc(N5CCOCC5)cc4)c(Cl)cc3[nH]2)cc1. The first kappa shape index (κ1) is 20.5. The average Bonchev–Trinajstić information content (AvgIpc) is 3.20. The number of ketones is 1. The smallest absolute Gasteiger partial charge is 0.301 e. The van der Waals surface area contributed by atoms with Crippen molar-refractivity contribution in [3.05, 3.63) is 65.2 Å². The van der Waals surface area contributed by atoms with Gasteiger partial charge in [0.25, 0.3) is 0 Å². The van der Waals surface area contributed by atoms with Gasteiger partial charge in [-0.15, -0.1) is 0 Å². The molecule has 2 aromatic heterocycles. The number of ether oxygens (including phenoxy) is 2. The topological polar surface area (TPSA) is 80.3 Å². The highest BCUT2D eigenvalue weighted by Gasteiger charge is 2.15. The van der Waals surface area contributed by atoms with Crippen LogP contribution in [0.2, 0.25) is 5.02 Å². The Labute approximate surface area is 190 Å². The Hall–Kier alpha value is -3.42. The van der Waals surface area contributed by atoms with E-state index in [2.05, 4.69) is 32.0 Å². The van der Waals surface area contributed by atoms with E-state index >= 15 is 0 Å². The number of morpholine rings is 1. The quantitative estimate of drug-likeness (QED) is 0.427. The number of nitrogens with zero attached hydrogens (tertiary/aromatic N) is 3. The minimum absolute atomic E-state index is 0.00429. The molecule has 0 amide bonds. The standard InChI is InChI=1S/C24H21ClN4O3/c1-15(30)16-4-8-19(9-5-16)32-24-26-21-14-20(25)22(27-23(21)28-24)17-2-6-18(7-3-17)29-10-12-31-13-11-29/h2-9,14H,10-13H2,1H3,(H,26,27,28). The molecule has 1 aliphatic rings. The number of hydrogen-bond donors (Lipinski definition) is 1. The van der Waals surface area contributed by atoms with Crippen molar-refractivity contribution in [1.29, 1.82) is 0 Å². The number of Topliss-reactive ketones (excluding diaryl/α,β-unsaturated/α-hetero) is 1. The lowest BCUT2D eigenvalue weighted by Crippen LogP contribution is -2.36. The van der Waals surface area contributed by atoms with E-state index < -0.39 is 0 Å². The van der Waals surface area contributed by atoms with Crippen molar-refractivity contribution in [3.8, 4) is 23.0 Å². The van der Waals surface area contributed by atoms with Crippen LogP contribution in [0, 0.1) is 0 Å². The van der Waals surface area contributed by atoms with E-state index in [1.807, 2.05) is 12.1 Å². The van der Waals surface area contributed by atoms with E-state index in [1.54, 1.807) is 30.3 Å². The van der Waals surface area contributed by atoms with Crippen molar-refractivity contribution in [2.45, 2.75) is 6.92 Å². The van der Waals surface area contributed by atoms with Gasteiger partial charge >= 0.3 is 6.01 Å². The lowest BCUT2D eigenvalue weighted by molar-refractivity contribution is 0.101. The molecule has 1 fully saturated rings. The third-order valence-corrected chi connectivity index (χ3v) is 5.69. The zero-order valence-corrected chi connectivity index (χ0v) is 18.2. The van der Waals surface area contributed by atoms with Crippen molar-refractivity contribution >= 4 is 34.2 Å². The molecule has 0 spiro atoms. The predicted octanol–water partition coefficient (Wildman–Crippen LogP) is 5.11. The van der Waals surface area contributed by atoms with Gasteiger partial charge in [0.2, 0.25) is 0 Å². The number of rotatable bonds is 5. The number of benzene rings is 2. The fourth-order valence-electron chi connectivity index (χ4n) is 3.67. The number of fused-ring (bicyclic) bond motifs is 1. The van der Waals surface area contributed by atoms with Crippen LogP contribution in [0.25, 0.3) is 22.4 Å². The normalized spacial score (nSPS) is 14.0. The highest BCUT2D eigenvalue weighted by Crippen LogP contribution is 2.31. The molecule has 1 N–H and O–H groups in total. The number of imidazole rings is 1. The van der Waals surface area contributed by atoms with Gasteiger partial charge in [-0.05, 0) is 49.4 Å². The summed E-state index contributed by atoms with van der Waals surface area (Å²) < 4.78 is 11.2. The number of carbonyl (C=O) groups is 1. The molecule has 0 atom stereocenters. The average molecular weight is 449 g/mol. The summed E-state index contributed by atoms with van der Waals surface area (Å²) in [4.78, 5) is 25.9. The van der Waals surface area contributed by atoms with Crippen LogP contribution in [0.15, 0.2) is 54.6 Å². The molecule has 0 bridgehead atoms. The molecule has 0 radical (unpaired) electrons. The summed E-state index contributed by atoms with van der Waals surface area (Å²) >= 11 is 6.53. The van der Waals surface area contributed by atoms with Crippen LogP contribution < -0.4 is 9.64 Å². The molecule has 162 valence electrons. The first-order valence-corrected chi connectivity index (χ1v) is 10.7. The second-order valence-electron chi connectivity index (χ2n) is 7.56. The summed E-state index contributed by atoms with van der Waals surface area (Å²) in [7, 11) is 0. The van der Waals surface area contributed by atoms with Gasteiger partial charge in [-0.3, -0.25) is 4.79 Å². The minimum atomic E-state index is 0.00429. The van der Waals surface area contributed by atoms with Crippen molar-refractivity contribution in [3.63, 3.8) is 0 Å². The summed E-state index contributed by atoms with van der Waals surface area (Å²) in [6.07, 6.45) is 0. The summed E-state index contributed by atoms with van der Waals surface area (Å²) in [5, 5.41) is 0.526. The molecule has 7 nitrogen and oxygen atoms in total. The number of aromatic nitrogens is 3. The maximum Gasteiger partial charge on any atom is 0.301 e. The van der Waals surface area contributed by atoms with Gasteiger partial charge in [0.15, 0.2) is 11.4 Å². The van der Waals surface area contributed by atoms with E-state index in [0.29, 0.717) is 39.2 Å². The van der Waals surface area contributed by atoms with Gasteiger partial charge < -0.3 is 19.4 Å². The first-order valence-electron chi connectivity index (χ1n) is 10.3. The fraction of sp³-hybridized carbons (Fsp3) is 0.208. The van der Waals surface area contributed by atoms with Gasteiger partial charge in [-0.2, -0.15) is 4.98 Å². The Morgan fingerprint density at radius 3 is 2.47 bits per heavy atom. The first-order chi connectivity index (χ1) is 15.6. The Balaban J connectivity index is 1.39. The van der Waals surface area contributed by atoms with Crippen LogP contribution in [-0.4, -0.2) is 47.0 Å². The highest BCUT2D eigenvalue weighted by atomic mass is 35.5. The van der Waals surface area contributed by atoms with Crippen LogP contribution in [-0.2, 0) is 4.74 Å². The second-order valence-corrected chi connectivity index (χ2v) is 7.97. The molecule has 4 aromatic rings. The summed E-state index contributed by atoms with van der Waals surface area (Å²) in [6, 6.07) is 17.2. The maximum atomic E-state index is 11.4. The number of H-pyrrole nitrogens is 1. The van der Waals surface area contributed by atoms with Gasteiger partial charge in [0.1, 0.15) is 5.75 Å². The van der Waals surface area contributed by atoms with Crippen LogP contribution in [0.5, 0.6) is 11.8 Å². The number of pyridine rings is 1. The zero-order valence-electron chi connectivity index (χ0n) is 17.5. The number of anilines is 1. The molecule has 3 heterocycles. The third kappa shape index (κ3) is 4.17. The monoisotopic (exact) mass is 448 g/mol. The van der Waals surface area contributed by atoms with Gasteiger partial charge in [-0.1, -0.05) is 23.7 Å². The third-order valence-electron chi connectivity index (χ3n) is 5.40. The Morgan fingerprint density at radius 2 is 1.78 bits per heavy atom. The van der Waals surface area contributed by atoms with Crippen molar-refractivity contribution in [2.24, 2.45) is 0 Å². The second kappa shape index (κ2) is 8.61. The molecule has 32 heavy (non-hydrogen) atoms. The molecule has 8 heteroatoms. The van der Waals surface area contributed by atoms with Crippen molar-refractivity contribution in [2.75, 3.05) is 31.2 Å². The molecule has 0 unspecified atom stereocenters. The predicted molar refractivity (Wildman–Crippen MR) is 124 cm³/mol. The number of carbonyl (C=O) groups excluding carboxylic acids is 1. The minimum Gasteiger partial charge on any atom is -0.426 e. The van der Waals surface area contributed by atoms with E-state index in [0.717, 1.165) is 37.6 Å². The summed E-state index contributed by atoms with van der Waals surface area (Å²) in [5.74, 6) is 0.573. The number of aromatic amines is 1. The molecule has 0 aliphatic carbocycles. The maximum absolute atomic E-state index is 11.4.